The number of hydrogen-bond acceptors (Lipinski definition) is 6. The standard InChI is InChI=1S/C17H19N3O5S/c1-11(19-13-4-7-15-16(10-13)25-9-8-24-15)17(21)20-12-2-5-14(6-3-12)26(18,22)23/h2-7,10-11,19H,8-9H2,1H3,(H,20,21)(H2,18,22,23)/t11-/m0/s1. The van der Waals surface area contributed by atoms with Crippen LogP contribution in [0.15, 0.2) is 47.4 Å². The highest BCUT2D eigenvalue weighted by Gasteiger charge is 2.16. The van der Waals surface area contributed by atoms with E-state index in [2.05, 4.69) is 10.6 Å². The van der Waals surface area contributed by atoms with E-state index in [1.54, 1.807) is 25.1 Å². The molecule has 1 atom stereocenters. The summed E-state index contributed by atoms with van der Waals surface area (Å²) in [4.78, 5) is 12.3. The third-order valence-corrected chi connectivity index (χ3v) is 4.70. The molecule has 4 N–H and O–H groups in total. The van der Waals surface area contributed by atoms with Gasteiger partial charge in [-0.25, -0.2) is 13.6 Å². The molecule has 0 aromatic heterocycles. The first kappa shape index (κ1) is 18.0. The van der Waals surface area contributed by atoms with Gasteiger partial charge in [0, 0.05) is 17.4 Å². The van der Waals surface area contributed by atoms with Crippen LogP contribution in [0.5, 0.6) is 11.5 Å². The highest BCUT2D eigenvalue weighted by atomic mass is 32.2. The van der Waals surface area contributed by atoms with Crippen molar-refractivity contribution in [2.75, 3.05) is 23.8 Å². The molecule has 0 bridgehead atoms. The maximum Gasteiger partial charge on any atom is 0.246 e. The van der Waals surface area contributed by atoms with Gasteiger partial charge < -0.3 is 20.1 Å². The van der Waals surface area contributed by atoms with Crippen LogP contribution in [0.3, 0.4) is 0 Å². The molecule has 0 radical (unpaired) electrons. The summed E-state index contributed by atoms with van der Waals surface area (Å²) < 4.78 is 33.5. The Balaban J connectivity index is 1.63. The number of nitrogens with two attached hydrogens (primary N) is 1. The van der Waals surface area contributed by atoms with E-state index < -0.39 is 16.1 Å². The third kappa shape index (κ3) is 4.24. The summed E-state index contributed by atoms with van der Waals surface area (Å²) in [5.41, 5.74) is 1.19. The van der Waals surface area contributed by atoms with E-state index in [0.29, 0.717) is 30.4 Å². The lowest BCUT2D eigenvalue weighted by Gasteiger charge is -2.20. The lowest BCUT2D eigenvalue weighted by atomic mass is 10.2. The predicted octanol–water partition coefficient (Wildman–Crippen LogP) is 1.54. The molecule has 8 nitrogen and oxygen atoms in total. The molecular weight excluding hydrogens is 358 g/mol. The van der Waals surface area contributed by atoms with Crippen LogP contribution in [-0.2, 0) is 14.8 Å². The number of nitrogens with one attached hydrogen (secondary N) is 2. The molecule has 1 aliphatic heterocycles. The Hall–Kier alpha value is -2.78. The molecule has 0 aliphatic carbocycles. The molecule has 3 rings (SSSR count). The summed E-state index contributed by atoms with van der Waals surface area (Å²) in [6, 6.07) is 10.5. The molecular formula is C17H19N3O5S. The first-order valence-electron chi connectivity index (χ1n) is 7.93. The number of rotatable bonds is 5. The lowest BCUT2D eigenvalue weighted by Crippen LogP contribution is -2.31. The number of carbonyl (C=O) groups is 1. The Morgan fingerprint density at radius 1 is 1.04 bits per heavy atom. The van der Waals surface area contributed by atoms with E-state index in [0.717, 1.165) is 5.69 Å². The van der Waals surface area contributed by atoms with Crippen LogP contribution in [-0.4, -0.2) is 33.6 Å². The van der Waals surface area contributed by atoms with Crippen molar-refractivity contribution in [3.8, 4) is 11.5 Å². The van der Waals surface area contributed by atoms with E-state index in [1.807, 2.05) is 0 Å². The molecule has 2 aromatic carbocycles. The highest BCUT2D eigenvalue weighted by Crippen LogP contribution is 2.32. The summed E-state index contributed by atoms with van der Waals surface area (Å²) in [5.74, 6) is 1.03. The number of carbonyl (C=O) groups excluding carboxylic acids is 1. The average molecular weight is 377 g/mol. The molecule has 0 unspecified atom stereocenters. The normalized spacial score (nSPS) is 14.4. The van der Waals surface area contributed by atoms with E-state index in [-0.39, 0.29) is 10.8 Å². The van der Waals surface area contributed by atoms with Gasteiger partial charge in [-0.3, -0.25) is 4.79 Å². The van der Waals surface area contributed by atoms with Gasteiger partial charge in [0.2, 0.25) is 15.9 Å². The zero-order valence-corrected chi connectivity index (χ0v) is 14.9. The number of sulfonamides is 1. The minimum absolute atomic E-state index is 0.0158. The second-order valence-electron chi connectivity index (χ2n) is 5.78. The Labute approximate surface area is 151 Å². The van der Waals surface area contributed by atoms with Gasteiger partial charge in [0.1, 0.15) is 19.3 Å². The first-order valence-corrected chi connectivity index (χ1v) is 9.47. The number of benzene rings is 2. The molecule has 1 heterocycles. The number of ether oxygens (including phenoxy) is 2. The van der Waals surface area contributed by atoms with Gasteiger partial charge in [0.15, 0.2) is 11.5 Å². The van der Waals surface area contributed by atoms with E-state index in [1.165, 1.54) is 24.3 Å². The zero-order chi connectivity index (χ0) is 18.7. The fourth-order valence-corrected chi connectivity index (χ4v) is 2.94. The summed E-state index contributed by atoms with van der Waals surface area (Å²) in [7, 11) is -3.76. The van der Waals surface area contributed by atoms with Crippen molar-refractivity contribution in [1.29, 1.82) is 0 Å². The van der Waals surface area contributed by atoms with E-state index in [9.17, 15) is 13.2 Å². The Bertz CT molecular complexity index is 912. The molecule has 0 fully saturated rings. The van der Waals surface area contributed by atoms with Gasteiger partial charge >= 0.3 is 0 Å². The molecule has 1 amide bonds. The van der Waals surface area contributed by atoms with Crippen LogP contribution < -0.4 is 25.2 Å². The summed E-state index contributed by atoms with van der Waals surface area (Å²) in [6.45, 7) is 2.72. The predicted molar refractivity (Wildman–Crippen MR) is 97.0 cm³/mol. The fraction of sp³-hybridized carbons (Fsp3) is 0.235. The lowest BCUT2D eigenvalue weighted by molar-refractivity contribution is -0.116. The number of hydrogen-bond donors (Lipinski definition) is 3. The first-order chi connectivity index (χ1) is 12.3. The van der Waals surface area contributed by atoms with Crippen LogP contribution >= 0.6 is 0 Å². The number of primary sulfonamides is 1. The summed E-state index contributed by atoms with van der Waals surface area (Å²) in [6.07, 6.45) is 0. The third-order valence-electron chi connectivity index (χ3n) is 3.77. The number of fused-ring (bicyclic) bond motifs is 1. The summed E-state index contributed by atoms with van der Waals surface area (Å²) in [5, 5.41) is 10.8. The highest BCUT2D eigenvalue weighted by molar-refractivity contribution is 7.89. The molecule has 138 valence electrons. The Morgan fingerprint density at radius 2 is 1.65 bits per heavy atom. The minimum Gasteiger partial charge on any atom is -0.486 e. The largest absolute Gasteiger partial charge is 0.486 e. The quantitative estimate of drug-likeness (QED) is 0.727. The van der Waals surface area contributed by atoms with Crippen molar-refractivity contribution < 1.29 is 22.7 Å². The molecule has 9 heteroatoms. The smallest absolute Gasteiger partial charge is 0.246 e. The molecule has 0 saturated heterocycles. The van der Waals surface area contributed by atoms with Crippen LogP contribution in [0.4, 0.5) is 11.4 Å². The molecule has 0 saturated carbocycles. The molecule has 0 spiro atoms. The second-order valence-corrected chi connectivity index (χ2v) is 7.34. The molecule has 26 heavy (non-hydrogen) atoms. The van der Waals surface area contributed by atoms with Gasteiger partial charge in [0.25, 0.3) is 0 Å². The average Bonchev–Trinajstić information content (AvgIpc) is 2.61. The van der Waals surface area contributed by atoms with Gasteiger partial charge in [-0.05, 0) is 43.3 Å². The summed E-state index contributed by atoms with van der Waals surface area (Å²) >= 11 is 0. The minimum atomic E-state index is -3.76. The van der Waals surface area contributed by atoms with Gasteiger partial charge in [-0.1, -0.05) is 0 Å². The van der Waals surface area contributed by atoms with Crippen molar-refractivity contribution in [2.24, 2.45) is 5.14 Å². The number of amides is 1. The topological polar surface area (TPSA) is 120 Å². The zero-order valence-electron chi connectivity index (χ0n) is 14.1. The SMILES string of the molecule is C[C@H](Nc1ccc2c(c1)OCCO2)C(=O)Nc1ccc(S(N)(=O)=O)cc1. The van der Waals surface area contributed by atoms with E-state index in [4.69, 9.17) is 14.6 Å². The van der Waals surface area contributed by atoms with Gasteiger partial charge in [0.05, 0.1) is 4.90 Å². The second kappa shape index (κ2) is 7.22. The monoisotopic (exact) mass is 377 g/mol. The molecule has 1 aliphatic rings. The maximum absolute atomic E-state index is 12.3. The van der Waals surface area contributed by atoms with Crippen molar-refractivity contribution in [3.05, 3.63) is 42.5 Å². The van der Waals surface area contributed by atoms with Gasteiger partial charge in [-0.2, -0.15) is 0 Å². The number of anilines is 2. The van der Waals surface area contributed by atoms with Crippen molar-refractivity contribution in [2.45, 2.75) is 17.9 Å². The van der Waals surface area contributed by atoms with Crippen molar-refractivity contribution in [1.82, 2.24) is 0 Å². The van der Waals surface area contributed by atoms with Gasteiger partial charge in [-0.15, -0.1) is 0 Å². The fourth-order valence-electron chi connectivity index (χ4n) is 2.43. The van der Waals surface area contributed by atoms with Crippen molar-refractivity contribution >= 4 is 27.3 Å². The van der Waals surface area contributed by atoms with Crippen molar-refractivity contribution in [3.63, 3.8) is 0 Å². The molecule has 2 aromatic rings. The van der Waals surface area contributed by atoms with Crippen LogP contribution in [0, 0.1) is 0 Å². The maximum atomic E-state index is 12.3. The Kier molecular flexibility index (Phi) is 5.01. The van der Waals surface area contributed by atoms with E-state index >= 15 is 0 Å². The van der Waals surface area contributed by atoms with Crippen LogP contribution in [0.25, 0.3) is 0 Å². The van der Waals surface area contributed by atoms with Crippen LogP contribution in [0.1, 0.15) is 6.92 Å². The Morgan fingerprint density at radius 3 is 2.31 bits per heavy atom. The van der Waals surface area contributed by atoms with Crippen LogP contribution in [0.2, 0.25) is 0 Å².